The number of rotatable bonds is 2. The fraction of sp³-hybridized carbons (Fsp3) is 0.571. The Balaban J connectivity index is 1.88. The average Bonchev–Trinajstić information content (AvgIpc) is 3.13. The van der Waals surface area contributed by atoms with Crippen LogP contribution >= 0.6 is 15.9 Å². The molecule has 1 aromatic rings. The molecule has 0 bridgehead atoms. The van der Waals surface area contributed by atoms with Crippen LogP contribution in [0.4, 0.5) is 10.1 Å². The number of hydrogen-bond acceptors (Lipinski definition) is 2. The van der Waals surface area contributed by atoms with E-state index in [0.29, 0.717) is 5.69 Å². The van der Waals surface area contributed by atoms with Crippen LogP contribution in [0.2, 0.25) is 0 Å². The zero-order valence-electron chi connectivity index (χ0n) is 10.5. The highest BCUT2D eigenvalue weighted by Gasteiger charge is 2.44. The van der Waals surface area contributed by atoms with Gasteiger partial charge in [-0.25, -0.2) is 4.39 Å². The molecule has 1 atom stereocenters. The highest BCUT2D eigenvalue weighted by molar-refractivity contribution is 9.10. The molecule has 0 spiro atoms. The van der Waals surface area contributed by atoms with Crippen LogP contribution in [0, 0.1) is 11.7 Å². The van der Waals surface area contributed by atoms with Crippen molar-refractivity contribution in [3.63, 3.8) is 0 Å². The summed E-state index contributed by atoms with van der Waals surface area (Å²) in [5.74, 6) is 0.621. The van der Waals surface area contributed by atoms with Gasteiger partial charge in [0.25, 0.3) is 0 Å². The lowest BCUT2D eigenvalue weighted by molar-refractivity contribution is 0.284. The van der Waals surface area contributed by atoms with Crippen molar-refractivity contribution >= 4 is 21.6 Å². The third-order valence-electron chi connectivity index (χ3n) is 4.16. The molecule has 3 rings (SSSR count). The molecule has 0 amide bonds. The molecular weight excluding hydrogens is 295 g/mol. The third-order valence-corrected chi connectivity index (χ3v) is 4.80. The number of hydrogen-bond donors (Lipinski definition) is 1. The molecule has 2 nitrogen and oxygen atoms in total. The van der Waals surface area contributed by atoms with E-state index in [1.54, 1.807) is 6.07 Å². The van der Waals surface area contributed by atoms with Crippen LogP contribution in [0.5, 0.6) is 0 Å². The third kappa shape index (κ3) is 2.16. The number of halogens is 2. The monoisotopic (exact) mass is 312 g/mol. The van der Waals surface area contributed by atoms with Gasteiger partial charge in [0.15, 0.2) is 0 Å². The number of nitrogens with one attached hydrogen (secondary N) is 1. The van der Waals surface area contributed by atoms with Crippen molar-refractivity contribution in [3.05, 3.63) is 28.5 Å². The number of piperazine rings is 1. The van der Waals surface area contributed by atoms with Crippen molar-refractivity contribution in [1.82, 2.24) is 5.32 Å². The maximum atomic E-state index is 14.0. The normalized spacial score (nSPS) is 28.5. The molecule has 1 unspecified atom stereocenters. The minimum atomic E-state index is -0.135. The van der Waals surface area contributed by atoms with Crippen molar-refractivity contribution in [2.75, 3.05) is 24.5 Å². The lowest BCUT2D eigenvalue weighted by Crippen LogP contribution is -2.60. The molecule has 0 aromatic heterocycles. The molecule has 2 fully saturated rings. The van der Waals surface area contributed by atoms with E-state index in [1.165, 1.54) is 18.9 Å². The van der Waals surface area contributed by atoms with E-state index >= 15 is 0 Å². The van der Waals surface area contributed by atoms with Gasteiger partial charge in [-0.3, -0.25) is 0 Å². The zero-order chi connectivity index (χ0) is 12.8. The molecule has 1 saturated carbocycles. The van der Waals surface area contributed by atoms with Gasteiger partial charge in [0.1, 0.15) is 5.82 Å². The summed E-state index contributed by atoms with van der Waals surface area (Å²) < 4.78 is 14.9. The molecule has 18 heavy (non-hydrogen) atoms. The lowest BCUT2D eigenvalue weighted by Gasteiger charge is -2.43. The zero-order valence-corrected chi connectivity index (χ0v) is 12.1. The fourth-order valence-corrected chi connectivity index (χ4v) is 3.58. The standard InChI is InChI=1S/C14H18BrFN2/c1-14(10-5-6-10)9-18(8-7-17-14)13-11(15)3-2-4-12(13)16/h2-4,10,17H,5-9H2,1H3. The van der Waals surface area contributed by atoms with Gasteiger partial charge < -0.3 is 10.2 Å². The summed E-state index contributed by atoms with van der Waals surface area (Å²) in [4.78, 5) is 2.17. The number of nitrogens with zero attached hydrogens (tertiary/aromatic N) is 1. The summed E-state index contributed by atoms with van der Waals surface area (Å²) in [6.07, 6.45) is 2.60. The summed E-state index contributed by atoms with van der Waals surface area (Å²) in [7, 11) is 0. The molecule has 4 heteroatoms. The first-order valence-corrected chi connectivity index (χ1v) is 7.33. The lowest BCUT2D eigenvalue weighted by atomic mass is 9.92. The van der Waals surface area contributed by atoms with Gasteiger partial charge in [-0.2, -0.15) is 0 Å². The highest BCUT2D eigenvalue weighted by atomic mass is 79.9. The quantitative estimate of drug-likeness (QED) is 0.902. The molecule has 1 aliphatic heterocycles. The number of anilines is 1. The largest absolute Gasteiger partial charge is 0.365 e. The van der Waals surface area contributed by atoms with E-state index in [4.69, 9.17) is 0 Å². The Morgan fingerprint density at radius 2 is 2.22 bits per heavy atom. The van der Waals surface area contributed by atoms with Gasteiger partial charge in [0, 0.05) is 29.6 Å². The smallest absolute Gasteiger partial charge is 0.147 e. The van der Waals surface area contributed by atoms with E-state index in [9.17, 15) is 4.39 Å². The molecule has 0 radical (unpaired) electrons. The SMILES string of the molecule is CC1(C2CC2)CN(c2c(F)cccc2Br)CCN1. The Bertz CT molecular complexity index is 441. The van der Waals surface area contributed by atoms with Gasteiger partial charge in [-0.05, 0) is 53.7 Å². The second-order valence-corrected chi connectivity index (χ2v) is 6.46. The first-order chi connectivity index (χ1) is 8.60. The Morgan fingerprint density at radius 3 is 2.89 bits per heavy atom. The van der Waals surface area contributed by atoms with Gasteiger partial charge in [-0.1, -0.05) is 6.07 Å². The van der Waals surface area contributed by atoms with E-state index in [0.717, 1.165) is 30.0 Å². The maximum Gasteiger partial charge on any atom is 0.147 e. The Kier molecular flexibility index (Phi) is 3.10. The molecule has 1 saturated heterocycles. The van der Waals surface area contributed by atoms with Gasteiger partial charge >= 0.3 is 0 Å². The van der Waals surface area contributed by atoms with Crippen LogP contribution in [-0.4, -0.2) is 25.2 Å². The summed E-state index contributed by atoms with van der Waals surface area (Å²) in [6, 6.07) is 5.19. The summed E-state index contributed by atoms with van der Waals surface area (Å²) in [6.45, 7) is 4.94. The molecule has 98 valence electrons. The van der Waals surface area contributed by atoms with E-state index in [-0.39, 0.29) is 11.4 Å². The summed E-state index contributed by atoms with van der Waals surface area (Å²) in [5.41, 5.74) is 0.853. The fourth-order valence-electron chi connectivity index (χ4n) is 2.98. The second kappa shape index (κ2) is 4.49. The average molecular weight is 313 g/mol. The molecule has 2 aliphatic rings. The minimum absolute atomic E-state index is 0.135. The van der Waals surface area contributed by atoms with Crippen molar-refractivity contribution < 1.29 is 4.39 Å². The van der Waals surface area contributed by atoms with Crippen LogP contribution in [-0.2, 0) is 0 Å². The Morgan fingerprint density at radius 1 is 1.44 bits per heavy atom. The van der Waals surface area contributed by atoms with Crippen molar-refractivity contribution in [2.24, 2.45) is 5.92 Å². The summed E-state index contributed by atoms with van der Waals surface area (Å²) in [5, 5.41) is 3.62. The van der Waals surface area contributed by atoms with Crippen molar-refractivity contribution in [2.45, 2.75) is 25.3 Å². The van der Waals surface area contributed by atoms with Crippen LogP contribution in [0.1, 0.15) is 19.8 Å². The van der Waals surface area contributed by atoms with E-state index in [2.05, 4.69) is 33.1 Å². The predicted molar refractivity (Wildman–Crippen MR) is 75.4 cm³/mol. The molecule has 1 aromatic carbocycles. The van der Waals surface area contributed by atoms with Crippen LogP contribution in [0.25, 0.3) is 0 Å². The predicted octanol–water partition coefficient (Wildman–Crippen LogP) is 3.17. The van der Waals surface area contributed by atoms with Gasteiger partial charge in [0.05, 0.1) is 5.69 Å². The maximum absolute atomic E-state index is 14.0. The van der Waals surface area contributed by atoms with Crippen molar-refractivity contribution in [3.8, 4) is 0 Å². The summed E-state index contributed by atoms with van der Waals surface area (Å²) >= 11 is 3.47. The molecule has 1 aliphatic carbocycles. The first kappa shape index (κ1) is 12.4. The van der Waals surface area contributed by atoms with Crippen molar-refractivity contribution in [1.29, 1.82) is 0 Å². The van der Waals surface area contributed by atoms with E-state index in [1.807, 2.05) is 6.07 Å². The Labute approximate surface area is 116 Å². The van der Waals surface area contributed by atoms with Gasteiger partial charge in [-0.15, -0.1) is 0 Å². The van der Waals surface area contributed by atoms with Gasteiger partial charge in [0.2, 0.25) is 0 Å². The second-order valence-electron chi connectivity index (χ2n) is 5.61. The van der Waals surface area contributed by atoms with Crippen LogP contribution in [0.15, 0.2) is 22.7 Å². The topological polar surface area (TPSA) is 15.3 Å². The Hall–Kier alpha value is -0.610. The molecule has 1 heterocycles. The highest BCUT2D eigenvalue weighted by Crippen LogP contribution is 2.42. The molecular formula is C14H18BrFN2. The number of para-hydroxylation sites is 1. The van der Waals surface area contributed by atoms with E-state index < -0.39 is 0 Å². The minimum Gasteiger partial charge on any atom is -0.365 e. The molecule has 1 N–H and O–H groups in total. The van der Waals surface area contributed by atoms with Crippen LogP contribution < -0.4 is 10.2 Å². The number of benzene rings is 1. The van der Waals surface area contributed by atoms with Crippen LogP contribution in [0.3, 0.4) is 0 Å². The first-order valence-electron chi connectivity index (χ1n) is 6.54.